The molecular weight excluding hydrogens is 330 g/mol. The lowest BCUT2D eigenvalue weighted by molar-refractivity contribution is -0.147. The SMILES string of the molecule is COC(=O)C(CC(C)C)(CC(C)C)Nc1cccc(Br)c1. The number of ether oxygens (including phenoxy) is 1. The van der Waals surface area contributed by atoms with Gasteiger partial charge in [-0.3, -0.25) is 0 Å². The first-order chi connectivity index (χ1) is 9.79. The number of benzene rings is 1. The molecule has 0 saturated heterocycles. The average molecular weight is 356 g/mol. The van der Waals surface area contributed by atoms with Gasteiger partial charge in [-0.25, -0.2) is 4.79 Å². The normalized spacial score (nSPS) is 11.8. The first-order valence-electron chi connectivity index (χ1n) is 7.41. The van der Waals surface area contributed by atoms with Crippen LogP contribution in [0.2, 0.25) is 0 Å². The van der Waals surface area contributed by atoms with Crippen molar-refractivity contribution in [2.24, 2.45) is 11.8 Å². The lowest BCUT2D eigenvalue weighted by Crippen LogP contribution is -2.49. The maximum atomic E-state index is 12.5. The molecule has 0 atom stereocenters. The molecule has 0 heterocycles. The minimum atomic E-state index is -0.683. The minimum Gasteiger partial charge on any atom is -0.467 e. The van der Waals surface area contributed by atoms with Gasteiger partial charge in [-0.1, -0.05) is 49.7 Å². The van der Waals surface area contributed by atoms with Crippen molar-refractivity contribution in [1.29, 1.82) is 0 Å². The molecule has 0 saturated carbocycles. The first kappa shape index (κ1) is 18.0. The Kier molecular flexibility index (Phi) is 6.72. The average Bonchev–Trinajstić information content (AvgIpc) is 2.35. The van der Waals surface area contributed by atoms with Crippen molar-refractivity contribution in [1.82, 2.24) is 0 Å². The van der Waals surface area contributed by atoms with Crippen LogP contribution in [0.3, 0.4) is 0 Å². The lowest BCUT2D eigenvalue weighted by Gasteiger charge is -2.36. The molecule has 1 aromatic rings. The van der Waals surface area contributed by atoms with Gasteiger partial charge in [-0.15, -0.1) is 0 Å². The number of nitrogens with one attached hydrogen (secondary N) is 1. The zero-order chi connectivity index (χ0) is 16.0. The number of hydrogen-bond donors (Lipinski definition) is 1. The molecule has 0 unspecified atom stereocenters. The molecular formula is C17H26BrNO2. The molecule has 1 rings (SSSR count). The van der Waals surface area contributed by atoms with Gasteiger partial charge in [-0.2, -0.15) is 0 Å². The molecule has 0 fully saturated rings. The fraction of sp³-hybridized carbons (Fsp3) is 0.588. The highest BCUT2D eigenvalue weighted by Crippen LogP contribution is 2.31. The molecule has 0 aliphatic carbocycles. The Labute approximate surface area is 136 Å². The van der Waals surface area contributed by atoms with Crippen molar-refractivity contribution in [2.75, 3.05) is 12.4 Å². The molecule has 118 valence electrons. The van der Waals surface area contributed by atoms with Gasteiger partial charge in [0.2, 0.25) is 0 Å². The Morgan fingerprint density at radius 2 is 1.81 bits per heavy atom. The van der Waals surface area contributed by atoms with Crippen LogP contribution < -0.4 is 5.32 Å². The van der Waals surface area contributed by atoms with E-state index in [1.807, 2.05) is 24.3 Å². The summed E-state index contributed by atoms with van der Waals surface area (Å²) in [5.74, 6) is 0.592. The zero-order valence-electron chi connectivity index (χ0n) is 13.6. The molecule has 4 heteroatoms. The highest BCUT2D eigenvalue weighted by molar-refractivity contribution is 9.10. The molecule has 21 heavy (non-hydrogen) atoms. The molecule has 1 aromatic carbocycles. The van der Waals surface area contributed by atoms with Crippen molar-refractivity contribution < 1.29 is 9.53 Å². The maximum absolute atomic E-state index is 12.5. The van der Waals surface area contributed by atoms with Gasteiger partial charge in [0.15, 0.2) is 0 Å². The maximum Gasteiger partial charge on any atom is 0.331 e. The number of carbonyl (C=O) groups is 1. The van der Waals surface area contributed by atoms with Crippen LogP contribution in [0.25, 0.3) is 0 Å². The van der Waals surface area contributed by atoms with E-state index in [4.69, 9.17) is 4.74 Å². The summed E-state index contributed by atoms with van der Waals surface area (Å²) < 4.78 is 6.09. The monoisotopic (exact) mass is 355 g/mol. The van der Waals surface area contributed by atoms with E-state index in [1.54, 1.807) is 0 Å². The first-order valence-corrected chi connectivity index (χ1v) is 8.20. The number of hydrogen-bond acceptors (Lipinski definition) is 3. The predicted octanol–water partition coefficient (Wildman–Crippen LogP) is 4.87. The third kappa shape index (κ3) is 5.34. The van der Waals surface area contributed by atoms with Gasteiger partial charge in [0, 0.05) is 10.2 Å². The van der Waals surface area contributed by atoms with Crippen LogP contribution in [0, 0.1) is 11.8 Å². The Bertz CT molecular complexity index is 462. The number of anilines is 1. The summed E-state index contributed by atoms with van der Waals surface area (Å²) in [7, 11) is 1.46. The standard InChI is InChI=1S/C17H26BrNO2/c1-12(2)10-17(11-13(3)4,16(20)21-5)19-15-8-6-7-14(18)9-15/h6-9,12-13,19H,10-11H2,1-5H3. The molecule has 0 bridgehead atoms. The van der Waals surface area contributed by atoms with Gasteiger partial charge >= 0.3 is 5.97 Å². The van der Waals surface area contributed by atoms with Gasteiger partial charge in [0.25, 0.3) is 0 Å². The summed E-state index contributed by atoms with van der Waals surface area (Å²) in [5.41, 5.74) is 0.244. The quantitative estimate of drug-likeness (QED) is 0.709. The summed E-state index contributed by atoms with van der Waals surface area (Å²) in [6, 6.07) is 7.89. The van der Waals surface area contributed by atoms with Crippen molar-refractivity contribution in [3.8, 4) is 0 Å². The molecule has 1 N–H and O–H groups in total. The van der Waals surface area contributed by atoms with Gasteiger partial charge in [0.05, 0.1) is 7.11 Å². The largest absolute Gasteiger partial charge is 0.467 e. The predicted molar refractivity (Wildman–Crippen MR) is 91.4 cm³/mol. The Hall–Kier alpha value is -1.03. The second kappa shape index (κ2) is 7.83. The fourth-order valence-electron chi connectivity index (χ4n) is 2.83. The molecule has 0 aromatic heterocycles. The Morgan fingerprint density at radius 1 is 1.24 bits per heavy atom. The summed E-state index contributed by atoms with van der Waals surface area (Å²) in [6.45, 7) is 8.50. The van der Waals surface area contributed by atoms with E-state index in [9.17, 15) is 4.79 Å². The van der Waals surface area contributed by atoms with Crippen molar-refractivity contribution >= 4 is 27.6 Å². The number of methoxy groups -OCH3 is 1. The number of rotatable bonds is 7. The van der Waals surface area contributed by atoms with Crippen LogP contribution in [0.4, 0.5) is 5.69 Å². The Morgan fingerprint density at radius 3 is 2.24 bits per heavy atom. The van der Waals surface area contributed by atoms with Gasteiger partial charge in [-0.05, 0) is 42.9 Å². The molecule has 0 spiro atoms. The van der Waals surface area contributed by atoms with E-state index in [0.717, 1.165) is 23.0 Å². The van der Waals surface area contributed by atoms with E-state index >= 15 is 0 Å². The minimum absolute atomic E-state index is 0.190. The van der Waals surface area contributed by atoms with Crippen molar-refractivity contribution in [3.05, 3.63) is 28.7 Å². The third-order valence-electron chi connectivity index (χ3n) is 3.30. The van der Waals surface area contributed by atoms with Crippen LogP contribution in [-0.4, -0.2) is 18.6 Å². The van der Waals surface area contributed by atoms with Crippen LogP contribution in [0.5, 0.6) is 0 Å². The van der Waals surface area contributed by atoms with Crippen LogP contribution in [0.1, 0.15) is 40.5 Å². The fourth-order valence-corrected chi connectivity index (χ4v) is 3.23. The summed E-state index contributed by atoms with van der Waals surface area (Å²) in [5, 5.41) is 3.44. The summed E-state index contributed by atoms with van der Waals surface area (Å²) in [4.78, 5) is 12.5. The van der Waals surface area contributed by atoms with E-state index < -0.39 is 5.54 Å². The molecule has 0 amide bonds. The zero-order valence-corrected chi connectivity index (χ0v) is 15.2. The highest BCUT2D eigenvalue weighted by Gasteiger charge is 2.40. The van der Waals surface area contributed by atoms with Crippen LogP contribution >= 0.6 is 15.9 Å². The van der Waals surface area contributed by atoms with Gasteiger partial charge < -0.3 is 10.1 Å². The highest BCUT2D eigenvalue weighted by atomic mass is 79.9. The molecule has 3 nitrogen and oxygen atoms in total. The lowest BCUT2D eigenvalue weighted by atomic mass is 9.81. The molecule has 0 aliphatic rings. The van der Waals surface area contributed by atoms with E-state index in [-0.39, 0.29) is 5.97 Å². The second-order valence-corrected chi connectivity index (χ2v) is 7.32. The second-order valence-electron chi connectivity index (χ2n) is 6.40. The smallest absolute Gasteiger partial charge is 0.331 e. The van der Waals surface area contributed by atoms with Crippen LogP contribution in [-0.2, 0) is 9.53 Å². The van der Waals surface area contributed by atoms with Crippen molar-refractivity contribution in [3.63, 3.8) is 0 Å². The van der Waals surface area contributed by atoms with Crippen LogP contribution in [0.15, 0.2) is 28.7 Å². The molecule has 0 aliphatic heterocycles. The number of halogens is 1. The summed E-state index contributed by atoms with van der Waals surface area (Å²) >= 11 is 3.47. The van der Waals surface area contributed by atoms with Gasteiger partial charge in [0.1, 0.15) is 5.54 Å². The van der Waals surface area contributed by atoms with E-state index in [0.29, 0.717) is 11.8 Å². The number of carbonyl (C=O) groups excluding carboxylic acids is 1. The van der Waals surface area contributed by atoms with Crippen molar-refractivity contribution in [2.45, 2.75) is 46.1 Å². The summed E-state index contributed by atoms with van der Waals surface area (Å²) in [6.07, 6.45) is 1.48. The number of esters is 1. The van der Waals surface area contributed by atoms with E-state index in [2.05, 4.69) is 48.9 Å². The topological polar surface area (TPSA) is 38.3 Å². The molecule has 0 radical (unpaired) electrons. The Balaban J connectivity index is 3.16. The van der Waals surface area contributed by atoms with E-state index in [1.165, 1.54) is 7.11 Å². The third-order valence-corrected chi connectivity index (χ3v) is 3.79.